The molecule has 120 valence electrons. The molecule has 1 heterocycles. The van der Waals surface area contributed by atoms with Gasteiger partial charge in [0.2, 0.25) is 0 Å². The van der Waals surface area contributed by atoms with E-state index >= 15 is 0 Å². The van der Waals surface area contributed by atoms with Crippen LogP contribution in [-0.4, -0.2) is 56.9 Å². The van der Waals surface area contributed by atoms with Crippen molar-refractivity contribution >= 4 is 10.2 Å². The number of nitrogens with one attached hydrogen (secondary N) is 1. The first-order chi connectivity index (χ1) is 9.49. The van der Waals surface area contributed by atoms with E-state index in [1.54, 1.807) is 0 Å². The van der Waals surface area contributed by atoms with Crippen LogP contribution in [0.2, 0.25) is 0 Å². The molecular weight excluding hydrogens is 274 g/mol. The minimum absolute atomic E-state index is 0.525. The Hall–Kier alpha value is -0.170. The van der Waals surface area contributed by atoms with Gasteiger partial charge in [-0.15, -0.1) is 0 Å². The third-order valence-electron chi connectivity index (χ3n) is 3.97. The summed E-state index contributed by atoms with van der Waals surface area (Å²) in [6, 6.07) is 0. The Bertz CT molecular complexity index is 355. The first-order valence-electron chi connectivity index (χ1n) is 7.96. The van der Waals surface area contributed by atoms with Crippen LogP contribution in [0.5, 0.6) is 0 Å². The largest absolute Gasteiger partial charge is 0.303 e. The van der Waals surface area contributed by atoms with Crippen LogP contribution in [0, 0.1) is 5.92 Å². The quantitative estimate of drug-likeness (QED) is 0.659. The topological polar surface area (TPSA) is 52.7 Å². The second-order valence-corrected chi connectivity index (χ2v) is 7.49. The molecule has 0 amide bonds. The minimum Gasteiger partial charge on any atom is -0.303 e. The molecule has 0 aliphatic carbocycles. The smallest absolute Gasteiger partial charge is 0.279 e. The van der Waals surface area contributed by atoms with E-state index in [1.165, 1.54) is 30.2 Å². The molecule has 0 aromatic heterocycles. The maximum Gasteiger partial charge on any atom is 0.279 e. The number of unbranched alkanes of at least 4 members (excludes halogenated alkanes) is 1. The van der Waals surface area contributed by atoms with E-state index < -0.39 is 10.2 Å². The second-order valence-electron chi connectivity index (χ2n) is 5.74. The zero-order valence-corrected chi connectivity index (χ0v) is 14.1. The van der Waals surface area contributed by atoms with Crippen LogP contribution in [0.25, 0.3) is 0 Å². The Morgan fingerprint density at radius 3 is 2.55 bits per heavy atom. The molecule has 1 rings (SSSR count). The summed E-state index contributed by atoms with van der Waals surface area (Å²) in [7, 11) is -3.27. The summed E-state index contributed by atoms with van der Waals surface area (Å²) in [5.74, 6) is 0.810. The number of hydrogen-bond donors (Lipinski definition) is 1. The molecule has 1 aliphatic rings. The van der Waals surface area contributed by atoms with Gasteiger partial charge in [0.1, 0.15) is 0 Å². The zero-order valence-electron chi connectivity index (χ0n) is 13.3. The number of likely N-dealkylation sites (tertiary alicyclic amines) is 1. The first-order valence-corrected chi connectivity index (χ1v) is 9.40. The fourth-order valence-electron chi connectivity index (χ4n) is 2.81. The summed E-state index contributed by atoms with van der Waals surface area (Å²) < 4.78 is 28.0. The number of piperidine rings is 1. The minimum atomic E-state index is -3.27. The lowest BCUT2D eigenvalue weighted by Gasteiger charge is -2.30. The van der Waals surface area contributed by atoms with Crippen LogP contribution >= 0.6 is 0 Å². The van der Waals surface area contributed by atoms with Crippen LogP contribution in [0.1, 0.15) is 46.5 Å². The Morgan fingerprint density at radius 1 is 1.25 bits per heavy atom. The van der Waals surface area contributed by atoms with Crippen LogP contribution in [0.3, 0.4) is 0 Å². The zero-order chi connectivity index (χ0) is 15.0. The fraction of sp³-hybridized carbons (Fsp3) is 1.00. The van der Waals surface area contributed by atoms with Gasteiger partial charge in [-0.05, 0) is 44.7 Å². The summed E-state index contributed by atoms with van der Waals surface area (Å²) in [6.45, 7) is 11.1. The van der Waals surface area contributed by atoms with E-state index in [2.05, 4.69) is 16.5 Å². The van der Waals surface area contributed by atoms with Gasteiger partial charge >= 0.3 is 0 Å². The Labute approximate surface area is 124 Å². The molecule has 1 N–H and O–H groups in total. The Kier molecular flexibility index (Phi) is 8.02. The van der Waals surface area contributed by atoms with E-state index in [0.29, 0.717) is 19.6 Å². The molecule has 20 heavy (non-hydrogen) atoms. The molecule has 1 aliphatic heterocycles. The van der Waals surface area contributed by atoms with Crippen LogP contribution < -0.4 is 4.72 Å². The van der Waals surface area contributed by atoms with Crippen molar-refractivity contribution in [2.75, 3.05) is 39.3 Å². The van der Waals surface area contributed by atoms with Crippen LogP contribution in [-0.2, 0) is 10.2 Å². The van der Waals surface area contributed by atoms with Gasteiger partial charge in [-0.3, -0.25) is 0 Å². The lowest BCUT2D eigenvalue weighted by molar-refractivity contribution is 0.181. The van der Waals surface area contributed by atoms with Crippen molar-refractivity contribution in [1.29, 1.82) is 0 Å². The van der Waals surface area contributed by atoms with Crippen molar-refractivity contribution in [3.05, 3.63) is 0 Å². The third-order valence-corrected chi connectivity index (χ3v) is 5.74. The molecule has 6 heteroatoms. The highest BCUT2D eigenvalue weighted by Crippen LogP contribution is 2.15. The van der Waals surface area contributed by atoms with E-state index in [1.807, 2.05) is 13.8 Å². The van der Waals surface area contributed by atoms with Crippen molar-refractivity contribution in [1.82, 2.24) is 13.9 Å². The van der Waals surface area contributed by atoms with E-state index in [-0.39, 0.29) is 0 Å². The summed E-state index contributed by atoms with van der Waals surface area (Å²) in [4.78, 5) is 2.51. The van der Waals surface area contributed by atoms with Gasteiger partial charge in [0.05, 0.1) is 0 Å². The summed E-state index contributed by atoms with van der Waals surface area (Å²) in [6.07, 6.45) is 4.62. The predicted octanol–water partition coefficient (Wildman–Crippen LogP) is 1.67. The standard InChI is InChI=1S/C14H31N3O2S/c1-4-17(5-2)20(18,19)15-10-6-7-11-16-12-8-9-14(3)13-16/h14-15H,4-13H2,1-3H3. The van der Waals surface area contributed by atoms with Gasteiger partial charge in [-0.1, -0.05) is 20.8 Å². The number of rotatable bonds is 9. The molecule has 0 aromatic carbocycles. The van der Waals surface area contributed by atoms with Crippen molar-refractivity contribution in [2.45, 2.75) is 46.5 Å². The lowest BCUT2D eigenvalue weighted by atomic mass is 10.0. The average Bonchev–Trinajstić information content (AvgIpc) is 2.39. The highest BCUT2D eigenvalue weighted by atomic mass is 32.2. The van der Waals surface area contributed by atoms with Crippen molar-refractivity contribution in [3.8, 4) is 0 Å². The molecule has 1 atom stereocenters. The normalized spacial score (nSPS) is 21.5. The van der Waals surface area contributed by atoms with Crippen LogP contribution in [0.15, 0.2) is 0 Å². The van der Waals surface area contributed by atoms with Gasteiger partial charge in [0.15, 0.2) is 0 Å². The molecule has 5 nitrogen and oxygen atoms in total. The molecule has 0 bridgehead atoms. The molecule has 0 aromatic rings. The van der Waals surface area contributed by atoms with Crippen molar-refractivity contribution in [2.24, 2.45) is 5.92 Å². The van der Waals surface area contributed by atoms with Gasteiger partial charge in [-0.2, -0.15) is 12.7 Å². The molecule has 1 fully saturated rings. The summed E-state index contributed by atoms with van der Waals surface area (Å²) in [5, 5.41) is 0. The van der Waals surface area contributed by atoms with E-state index in [9.17, 15) is 8.42 Å². The molecule has 0 radical (unpaired) electrons. The highest BCUT2D eigenvalue weighted by molar-refractivity contribution is 7.87. The van der Waals surface area contributed by atoms with Gasteiger partial charge in [0.25, 0.3) is 10.2 Å². The predicted molar refractivity (Wildman–Crippen MR) is 83.9 cm³/mol. The van der Waals surface area contributed by atoms with Crippen molar-refractivity contribution in [3.63, 3.8) is 0 Å². The molecular formula is C14H31N3O2S. The molecule has 1 saturated heterocycles. The lowest BCUT2D eigenvalue weighted by Crippen LogP contribution is -2.41. The molecule has 0 saturated carbocycles. The summed E-state index contributed by atoms with van der Waals surface area (Å²) >= 11 is 0. The highest BCUT2D eigenvalue weighted by Gasteiger charge is 2.18. The van der Waals surface area contributed by atoms with Gasteiger partial charge < -0.3 is 4.90 Å². The third kappa shape index (κ3) is 6.08. The van der Waals surface area contributed by atoms with E-state index in [4.69, 9.17) is 0 Å². The average molecular weight is 305 g/mol. The Balaban J connectivity index is 2.15. The summed E-state index contributed by atoms with van der Waals surface area (Å²) in [5.41, 5.74) is 0. The number of nitrogens with zero attached hydrogens (tertiary/aromatic N) is 2. The van der Waals surface area contributed by atoms with E-state index in [0.717, 1.165) is 25.3 Å². The van der Waals surface area contributed by atoms with Crippen LogP contribution in [0.4, 0.5) is 0 Å². The Morgan fingerprint density at radius 2 is 1.95 bits per heavy atom. The van der Waals surface area contributed by atoms with Crippen molar-refractivity contribution < 1.29 is 8.42 Å². The first kappa shape index (κ1) is 17.9. The maximum atomic E-state index is 11.9. The fourth-order valence-corrected chi connectivity index (χ4v) is 4.07. The second kappa shape index (κ2) is 8.97. The molecule has 1 unspecified atom stereocenters. The molecule has 0 spiro atoms. The monoisotopic (exact) mass is 305 g/mol. The SMILES string of the molecule is CCN(CC)S(=O)(=O)NCCCCN1CCCC(C)C1. The van der Waals surface area contributed by atoms with Gasteiger partial charge in [0, 0.05) is 26.2 Å². The van der Waals surface area contributed by atoms with Gasteiger partial charge in [-0.25, -0.2) is 4.72 Å². The number of hydrogen-bond acceptors (Lipinski definition) is 3. The maximum absolute atomic E-state index is 11.9.